The van der Waals surface area contributed by atoms with Crippen molar-refractivity contribution in [3.63, 3.8) is 0 Å². The van der Waals surface area contributed by atoms with Gasteiger partial charge in [0.2, 0.25) is 0 Å². The number of benzene rings is 2. The number of halogens is 1. The van der Waals surface area contributed by atoms with Gasteiger partial charge in [-0.2, -0.15) is 0 Å². The fraction of sp³-hybridized carbons (Fsp3) is 0.368. The Morgan fingerprint density at radius 2 is 1.32 bits per heavy atom. The third-order valence-electron chi connectivity index (χ3n) is 3.37. The highest BCUT2D eigenvalue weighted by atomic mass is 79.9. The van der Waals surface area contributed by atoms with Crippen LogP contribution in [0.15, 0.2) is 54.6 Å². The van der Waals surface area contributed by atoms with Gasteiger partial charge in [0.15, 0.2) is 11.5 Å². The van der Waals surface area contributed by atoms with Crippen LogP contribution in [0.2, 0.25) is 0 Å². The molecule has 0 aliphatic rings. The van der Waals surface area contributed by atoms with E-state index in [4.69, 9.17) is 9.47 Å². The summed E-state index contributed by atoms with van der Waals surface area (Å²) in [5.41, 5.74) is 1.16. The first-order chi connectivity index (χ1) is 10.9. The van der Waals surface area contributed by atoms with Gasteiger partial charge < -0.3 is 9.47 Å². The Morgan fingerprint density at radius 3 is 2.05 bits per heavy atom. The van der Waals surface area contributed by atoms with Crippen LogP contribution >= 0.6 is 15.9 Å². The Labute approximate surface area is 141 Å². The number of rotatable bonds is 10. The molecule has 0 heterocycles. The molecule has 0 radical (unpaired) electrons. The van der Waals surface area contributed by atoms with Gasteiger partial charge in [-0.15, -0.1) is 0 Å². The lowest BCUT2D eigenvalue weighted by Gasteiger charge is -2.12. The number of hydrogen-bond acceptors (Lipinski definition) is 2. The highest BCUT2D eigenvalue weighted by Crippen LogP contribution is 2.27. The maximum absolute atomic E-state index is 5.89. The van der Waals surface area contributed by atoms with Gasteiger partial charge >= 0.3 is 0 Å². The summed E-state index contributed by atoms with van der Waals surface area (Å²) in [6.45, 7) is 1.31. The molecular weight excluding hydrogens is 340 g/mol. The van der Waals surface area contributed by atoms with Gasteiger partial charge in [0.1, 0.15) is 6.61 Å². The van der Waals surface area contributed by atoms with Crippen LogP contribution in [0, 0.1) is 0 Å². The second kappa shape index (κ2) is 10.3. The molecule has 3 heteroatoms. The lowest BCUT2D eigenvalue weighted by Crippen LogP contribution is -2.01. The molecule has 0 unspecified atom stereocenters. The van der Waals surface area contributed by atoms with Crippen LogP contribution in [0.1, 0.15) is 31.2 Å². The first kappa shape index (κ1) is 16.9. The molecule has 0 bridgehead atoms. The number of unbranched alkanes of at least 4 members (excludes halogenated alkanes) is 3. The minimum Gasteiger partial charge on any atom is -0.490 e. The van der Waals surface area contributed by atoms with E-state index in [-0.39, 0.29) is 0 Å². The standard InChI is InChI=1S/C19H23BrO2/c20-14-8-1-2-9-15-21-18-12-6-7-13-19(18)22-16-17-10-4-3-5-11-17/h3-7,10-13H,1-2,8-9,14-16H2. The Hall–Kier alpha value is -1.48. The molecule has 2 nitrogen and oxygen atoms in total. The van der Waals surface area contributed by atoms with Crippen LogP contribution in [-0.4, -0.2) is 11.9 Å². The number of hydrogen-bond donors (Lipinski definition) is 0. The molecule has 0 amide bonds. The monoisotopic (exact) mass is 362 g/mol. The van der Waals surface area contributed by atoms with Crippen LogP contribution in [-0.2, 0) is 6.61 Å². The number of alkyl halides is 1. The van der Waals surface area contributed by atoms with Gasteiger partial charge in [0, 0.05) is 5.33 Å². The third kappa shape index (κ3) is 6.10. The fourth-order valence-corrected chi connectivity index (χ4v) is 2.55. The molecule has 0 aromatic heterocycles. The summed E-state index contributed by atoms with van der Waals surface area (Å²) >= 11 is 3.45. The fourth-order valence-electron chi connectivity index (χ4n) is 2.16. The van der Waals surface area contributed by atoms with Crippen LogP contribution in [0.5, 0.6) is 11.5 Å². The second-order valence-electron chi connectivity index (χ2n) is 5.17. The van der Waals surface area contributed by atoms with Crippen molar-refractivity contribution in [2.75, 3.05) is 11.9 Å². The van der Waals surface area contributed by atoms with E-state index in [9.17, 15) is 0 Å². The zero-order chi connectivity index (χ0) is 15.5. The molecule has 0 saturated carbocycles. The average Bonchev–Trinajstić information content (AvgIpc) is 2.58. The molecule has 2 aromatic carbocycles. The van der Waals surface area contributed by atoms with E-state index in [1.807, 2.05) is 42.5 Å². The van der Waals surface area contributed by atoms with Crippen molar-refractivity contribution in [2.45, 2.75) is 32.3 Å². The molecule has 22 heavy (non-hydrogen) atoms. The first-order valence-electron chi connectivity index (χ1n) is 7.84. The quantitative estimate of drug-likeness (QED) is 0.404. The van der Waals surface area contributed by atoms with Crippen LogP contribution in [0.4, 0.5) is 0 Å². The molecule has 0 atom stereocenters. The maximum Gasteiger partial charge on any atom is 0.161 e. The summed E-state index contributed by atoms with van der Waals surface area (Å²) < 4.78 is 11.8. The van der Waals surface area contributed by atoms with Crippen molar-refractivity contribution in [3.8, 4) is 11.5 Å². The van der Waals surface area contributed by atoms with Gasteiger partial charge in [-0.05, 0) is 30.5 Å². The molecule has 2 aromatic rings. The largest absolute Gasteiger partial charge is 0.490 e. The van der Waals surface area contributed by atoms with Gasteiger partial charge in [-0.3, -0.25) is 0 Å². The van der Waals surface area contributed by atoms with Gasteiger partial charge in [-0.1, -0.05) is 71.2 Å². The lowest BCUT2D eigenvalue weighted by atomic mass is 10.2. The van der Waals surface area contributed by atoms with E-state index < -0.39 is 0 Å². The molecule has 0 saturated heterocycles. The smallest absolute Gasteiger partial charge is 0.161 e. The maximum atomic E-state index is 5.89. The van der Waals surface area contributed by atoms with Crippen LogP contribution < -0.4 is 9.47 Å². The van der Waals surface area contributed by atoms with Crippen molar-refractivity contribution >= 4 is 15.9 Å². The summed E-state index contributed by atoms with van der Waals surface area (Å²) in [6, 6.07) is 18.1. The van der Waals surface area contributed by atoms with Crippen molar-refractivity contribution < 1.29 is 9.47 Å². The molecular formula is C19H23BrO2. The number of ether oxygens (including phenoxy) is 2. The summed E-state index contributed by atoms with van der Waals surface area (Å²) in [5.74, 6) is 1.64. The summed E-state index contributed by atoms with van der Waals surface area (Å²) in [5, 5.41) is 1.09. The summed E-state index contributed by atoms with van der Waals surface area (Å²) in [7, 11) is 0. The van der Waals surface area contributed by atoms with Gasteiger partial charge in [-0.25, -0.2) is 0 Å². The summed E-state index contributed by atoms with van der Waals surface area (Å²) in [4.78, 5) is 0. The molecule has 0 spiro atoms. The van der Waals surface area contributed by atoms with E-state index in [2.05, 4.69) is 28.1 Å². The Morgan fingerprint density at radius 1 is 0.682 bits per heavy atom. The van der Waals surface area contributed by atoms with Crippen LogP contribution in [0.25, 0.3) is 0 Å². The van der Waals surface area contributed by atoms with Gasteiger partial charge in [0.05, 0.1) is 6.61 Å². The highest BCUT2D eigenvalue weighted by molar-refractivity contribution is 9.09. The van der Waals surface area contributed by atoms with E-state index in [1.165, 1.54) is 19.3 Å². The molecule has 0 fully saturated rings. The number of para-hydroxylation sites is 2. The predicted molar refractivity (Wildman–Crippen MR) is 95.0 cm³/mol. The molecule has 118 valence electrons. The third-order valence-corrected chi connectivity index (χ3v) is 3.93. The van der Waals surface area contributed by atoms with Crippen molar-refractivity contribution in [1.82, 2.24) is 0 Å². The SMILES string of the molecule is BrCCCCCCOc1ccccc1OCc1ccccc1. The van der Waals surface area contributed by atoms with Crippen molar-refractivity contribution in [2.24, 2.45) is 0 Å². The topological polar surface area (TPSA) is 18.5 Å². The highest BCUT2D eigenvalue weighted by Gasteiger charge is 2.04. The summed E-state index contributed by atoms with van der Waals surface area (Å²) in [6.07, 6.45) is 4.77. The minimum atomic E-state index is 0.562. The van der Waals surface area contributed by atoms with E-state index in [0.29, 0.717) is 6.61 Å². The Bertz CT molecular complexity index is 528. The normalized spacial score (nSPS) is 10.4. The van der Waals surface area contributed by atoms with E-state index in [0.717, 1.165) is 35.4 Å². The zero-order valence-corrected chi connectivity index (χ0v) is 14.4. The van der Waals surface area contributed by atoms with Crippen molar-refractivity contribution in [1.29, 1.82) is 0 Å². The lowest BCUT2D eigenvalue weighted by molar-refractivity contribution is 0.257. The van der Waals surface area contributed by atoms with Crippen LogP contribution in [0.3, 0.4) is 0 Å². The zero-order valence-electron chi connectivity index (χ0n) is 12.8. The van der Waals surface area contributed by atoms with E-state index in [1.54, 1.807) is 0 Å². The minimum absolute atomic E-state index is 0.562. The Balaban J connectivity index is 1.79. The second-order valence-corrected chi connectivity index (χ2v) is 5.97. The predicted octanol–water partition coefficient (Wildman–Crippen LogP) is 5.60. The molecule has 2 rings (SSSR count). The molecule has 0 aliphatic heterocycles. The average molecular weight is 363 g/mol. The van der Waals surface area contributed by atoms with Gasteiger partial charge in [0.25, 0.3) is 0 Å². The first-order valence-corrected chi connectivity index (χ1v) is 8.97. The van der Waals surface area contributed by atoms with Crippen molar-refractivity contribution in [3.05, 3.63) is 60.2 Å². The van der Waals surface area contributed by atoms with E-state index >= 15 is 0 Å². The molecule has 0 aliphatic carbocycles. The Kier molecular flexibility index (Phi) is 7.89. The molecule has 0 N–H and O–H groups in total.